The third kappa shape index (κ3) is 5.52. The van der Waals surface area contributed by atoms with Crippen LogP contribution in [0.25, 0.3) is 0 Å². The van der Waals surface area contributed by atoms with E-state index in [1.54, 1.807) is 36.5 Å². The summed E-state index contributed by atoms with van der Waals surface area (Å²) in [6.45, 7) is 0.326. The second-order valence-electron chi connectivity index (χ2n) is 6.28. The Morgan fingerprint density at radius 3 is 2.52 bits per heavy atom. The van der Waals surface area contributed by atoms with Crippen molar-refractivity contribution in [2.24, 2.45) is 0 Å². The Balaban J connectivity index is 1.49. The van der Waals surface area contributed by atoms with Gasteiger partial charge < -0.3 is 16.0 Å². The summed E-state index contributed by atoms with van der Waals surface area (Å²) in [7, 11) is -3.05. The summed E-state index contributed by atoms with van der Waals surface area (Å²) in [5.41, 5.74) is 1.73. The molecule has 3 N–H and O–H groups in total. The molecule has 1 aromatic heterocycles. The Kier molecular flexibility index (Phi) is 5.70. The zero-order valence-electron chi connectivity index (χ0n) is 14.5. The number of benzene rings is 1. The summed E-state index contributed by atoms with van der Waals surface area (Å²) in [4.78, 5) is 28.2. The van der Waals surface area contributed by atoms with Gasteiger partial charge in [-0.15, -0.1) is 0 Å². The lowest BCUT2D eigenvalue weighted by Crippen LogP contribution is -2.38. The highest BCUT2D eigenvalue weighted by atomic mass is 32.2. The number of anilines is 1. The average Bonchev–Trinajstić information content (AvgIpc) is 2.99. The van der Waals surface area contributed by atoms with Gasteiger partial charge in [-0.3, -0.25) is 9.78 Å². The minimum Gasteiger partial charge on any atom is -0.346 e. The van der Waals surface area contributed by atoms with Crippen LogP contribution in [0.5, 0.6) is 0 Å². The van der Waals surface area contributed by atoms with Gasteiger partial charge in [-0.25, -0.2) is 13.2 Å². The number of carbonyl (C=O) groups is 2. The molecule has 0 bridgehead atoms. The molecule has 8 nitrogen and oxygen atoms in total. The number of amides is 3. The number of aromatic nitrogens is 1. The van der Waals surface area contributed by atoms with E-state index in [1.807, 2.05) is 12.1 Å². The van der Waals surface area contributed by atoms with Gasteiger partial charge in [0.05, 0.1) is 23.7 Å². The van der Waals surface area contributed by atoms with Gasteiger partial charge in [0.25, 0.3) is 5.91 Å². The lowest BCUT2D eigenvalue weighted by Gasteiger charge is -2.12. The Bertz CT molecular complexity index is 914. The van der Waals surface area contributed by atoms with Crippen LogP contribution in [0.4, 0.5) is 10.5 Å². The van der Waals surface area contributed by atoms with Crippen LogP contribution in [0.15, 0.2) is 48.7 Å². The second kappa shape index (κ2) is 8.17. The monoisotopic (exact) mass is 388 g/mol. The average molecular weight is 388 g/mol. The van der Waals surface area contributed by atoms with E-state index in [0.29, 0.717) is 24.2 Å². The molecule has 0 saturated carbocycles. The first kappa shape index (κ1) is 18.8. The third-order valence-corrected chi connectivity index (χ3v) is 5.90. The molecule has 1 aliphatic heterocycles. The van der Waals surface area contributed by atoms with Crippen LogP contribution >= 0.6 is 0 Å². The fourth-order valence-electron chi connectivity index (χ4n) is 2.74. The zero-order valence-corrected chi connectivity index (χ0v) is 15.3. The number of carbonyl (C=O) groups excluding carboxylic acids is 2. The molecule has 1 aromatic carbocycles. The third-order valence-electron chi connectivity index (χ3n) is 4.13. The van der Waals surface area contributed by atoms with E-state index in [1.165, 1.54) is 0 Å². The first-order valence-corrected chi connectivity index (χ1v) is 10.3. The smallest absolute Gasteiger partial charge is 0.319 e. The second-order valence-corrected chi connectivity index (χ2v) is 8.51. The largest absolute Gasteiger partial charge is 0.346 e. The maximum atomic E-state index is 12.1. The van der Waals surface area contributed by atoms with E-state index in [4.69, 9.17) is 0 Å². The summed E-state index contributed by atoms with van der Waals surface area (Å²) in [6, 6.07) is 11.1. The Hall–Kier alpha value is -2.94. The standard InChI is InChI=1S/C18H20N4O4S/c23-17(20-11-15-3-1-2-9-19-15)13-4-6-14(7-5-13)21-18(24)22-16-8-10-27(25,26)12-16/h1-7,9,16H,8,10-12H2,(H,20,23)(H2,21,22,24). The maximum absolute atomic E-state index is 12.1. The first-order chi connectivity index (χ1) is 12.9. The number of urea groups is 1. The lowest BCUT2D eigenvalue weighted by atomic mass is 10.2. The predicted octanol–water partition coefficient (Wildman–Crippen LogP) is 1.32. The highest BCUT2D eigenvalue weighted by Crippen LogP contribution is 2.13. The Morgan fingerprint density at radius 1 is 1.11 bits per heavy atom. The summed E-state index contributed by atoms with van der Waals surface area (Å²) >= 11 is 0. The molecule has 27 heavy (non-hydrogen) atoms. The van der Waals surface area contributed by atoms with Crippen molar-refractivity contribution in [3.8, 4) is 0 Å². The summed E-state index contributed by atoms with van der Waals surface area (Å²) < 4.78 is 22.8. The summed E-state index contributed by atoms with van der Waals surface area (Å²) in [5, 5.41) is 8.05. The minimum atomic E-state index is -3.05. The van der Waals surface area contributed by atoms with Crippen molar-refractivity contribution in [1.29, 1.82) is 0 Å². The lowest BCUT2D eigenvalue weighted by molar-refractivity contribution is 0.0950. The van der Waals surface area contributed by atoms with Crippen LogP contribution in [0.1, 0.15) is 22.5 Å². The fourth-order valence-corrected chi connectivity index (χ4v) is 4.42. The first-order valence-electron chi connectivity index (χ1n) is 8.47. The number of hydrogen-bond acceptors (Lipinski definition) is 5. The van der Waals surface area contributed by atoms with Gasteiger partial charge in [-0.05, 0) is 42.8 Å². The number of sulfone groups is 1. The van der Waals surface area contributed by atoms with Gasteiger partial charge in [0.2, 0.25) is 0 Å². The number of hydrogen-bond donors (Lipinski definition) is 3. The van der Waals surface area contributed by atoms with Crippen molar-refractivity contribution in [2.45, 2.75) is 19.0 Å². The molecule has 1 unspecified atom stereocenters. The van der Waals surface area contributed by atoms with Crippen LogP contribution in [0, 0.1) is 0 Å². The number of rotatable bonds is 5. The van der Waals surface area contributed by atoms with E-state index in [9.17, 15) is 18.0 Å². The van der Waals surface area contributed by atoms with Gasteiger partial charge in [0, 0.05) is 23.5 Å². The van der Waals surface area contributed by atoms with Crippen molar-refractivity contribution >= 4 is 27.5 Å². The number of nitrogens with zero attached hydrogens (tertiary/aromatic N) is 1. The molecule has 0 spiro atoms. The Labute approximate surface area is 157 Å². The topological polar surface area (TPSA) is 117 Å². The molecular formula is C18H20N4O4S. The normalized spacial score (nSPS) is 17.9. The van der Waals surface area contributed by atoms with Gasteiger partial charge >= 0.3 is 6.03 Å². The van der Waals surface area contributed by atoms with Gasteiger partial charge in [0.15, 0.2) is 9.84 Å². The molecule has 2 heterocycles. The zero-order chi connectivity index (χ0) is 19.3. The predicted molar refractivity (Wildman–Crippen MR) is 101 cm³/mol. The fraction of sp³-hybridized carbons (Fsp3) is 0.278. The minimum absolute atomic E-state index is 0.0319. The SMILES string of the molecule is O=C(Nc1ccc(C(=O)NCc2ccccn2)cc1)NC1CCS(=O)(=O)C1. The van der Waals surface area contributed by atoms with Crippen LogP contribution in [-0.4, -0.2) is 42.9 Å². The van der Waals surface area contributed by atoms with Crippen LogP contribution in [-0.2, 0) is 16.4 Å². The van der Waals surface area contributed by atoms with Gasteiger partial charge in [-0.1, -0.05) is 6.07 Å². The quantitative estimate of drug-likeness (QED) is 0.714. The van der Waals surface area contributed by atoms with Crippen LogP contribution in [0.2, 0.25) is 0 Å². The molecule has 2 aromatic rings. The van der Waals surface area contributed by atoms with Gasteiger partial charge in [0.1, 0.15) is 0 Å². The Morgan fingerprint density at radius 2 is 1.89 bits per heavy atom. The molecule has 1 saturated heterocycles. The summed E-state index contributed by atoms with van der Waals surface area (Å²) in [5.74, 6) is -0.177. The van der Waals surface area contributed by atoms with Crippen molar-refractivity contribution in [3.05, 3.63) is 59.9 Å². The van der Waals surface area contributed by atoms with Crippen molar-refractivity contribution in [3.63, 3.8) is 0 Å². The molecule has 0 aliphatic carbocycles. The molecule has 142 valence electrons. The molecular weight excluding hydrogens is 368 g/mol. The molecule has 1 atom stereocenters. The van der Waals surface area contributed by atoms with E-state index in [0.717, 1.165) is 5.69 Å². The summed E-state index contributed by atoms with van der Waals surface area (Å²) in [6.07, 6.45) is 2.08. The van der Waals surface area contributed by atoms with E-state index in [2.05, 4.69) is 20.9 Å². The van der Waals surface area contributed by atoms with E-state index >= 15 is 0 Å². The van der Waals surface area contributed by atoms with E-state index in [-0.39, 0.29) is 23.5 Å². The molecule has 1 aliphatic rings. The van der Waals surface area contributed by atoms with Crippen LogP contribution < -0.4 is 16.0 Å². The molecule has 0 radical (unpaired) electrons. The number of pyridine rings is 1. The molecule has 1 fully saturated rings. The molecule has 3 rings (SSSR count). The van der Waals surface area contributed by atoms with E-state index < -0.39 is 15.9 Å². The number of nitrogens with one attached hydrogen (secondary N) is 3. The molecule has 9 heteroatoms. The maximum Gasteiger partial charge on any atom is 0.319 e. The van der Waals surface area contributed by atoms with Gasteiger partial charge in [-0.2, -0.15) is 0 Å². The van der Waals surface area contributed by atoms with Crippen molar-refractivity contribution in [2.75, 3.05) is 16.8 Å². The van der Waals surface area contributed by atoms with Crippen LogP contribution in [0.3, 0.4) is 0 Å². The van der Waals surface area contributed by atoms with Crippen molar-refractivity contribution in [1.82, 2.24) is 15.6 Å². The highest BCUT2D eigenvalue weighted by Gasteiger charge is 2.28. The van der Waals surface area contributed by atoms with Crippen molar-refractivity contribution < 1.29 is 18.0 Å². The molecule has 3 amide bonds. The highest BCUT2D eigenvalue weighted by molar-refractivity contribution is 7.91.